The van der Waals surface area contributed by atoms with Crippen molar-refractivity contribution in [1.29, 1.82) is 0 Å². The van der Waals surface area contributed by atoms with Gasteiger partial charge >= 0.3 is 0 Å². The van der Waals surface area contributed by atoms with Crippen molar-refractivity contribution in [2.24, 2.45) is 4.99 Å². The highest BCUT2D eigenvalue weighted by Gasteiger charge is 1.88. The molecule has 0 radical (unpaired) electrons. The van der Waals surface area contributed by atoms with Crippen molar-refractivity contribution in [3.05, 3.63) is 0 Å². The monoisotopic (exact) mass is 240 g/mol. The zero-order valence-corrected chi connectivity index (χ0v) is 12.0. The van der Waals surface area contributed by atoms with E-state index in [0.717, 1.165) is 13.1 Å². The molecule has 0 unspecified atom stereocenters. The lowest BCUT2D eigenvalue weighted by atomic mass is 10.1. The third-order valence-corrected chi connectivity index (χ3v) is 3.00. The molecule has 0 atom stereocenters. The number of hydrogen-bond donors (Lipinski definition) is 1. The minimum absolute atomic E-state index is 0.993. The minimum Gasteiger partial charge on any atom is -0.376 e. The summed E-state index contributed by atoms with van der Waals surface area (Å²) < 4.78 is 0. The van der Waals surface area contributed by atoms with E-state index in [-0.39, 0.29) is 0 Å². The van der Waals surface area contributed by atoms with E-state index in [1.165, 1.54) is 64.2 Å². The second-order valence-corrected chi connectivity index (χ2v) is 4.82. The van der Waals surface area contributed by atoms with E-state index in [9.17, 15) is 0 Å². The van der Waals surface area contributed by atoms with E-state index in [1.807, 2.05) is 6.34 Å². The molecule has 2 heteroatoms. The first kappa shape index (κ1) is 16.5. The van der Waals surface area contributed by atoms with E-state index in [1.54, 1.807) is 0 Å². The van der Waals surface area contributed by atoms with E-state index >= 15 is 0 Å². The number of nitrogens with zero attached hydrogens (tertiary/aromatic N) is 1. The van der Waals surface area contributed by atoms with Crippen LogP contribution >= 0.6 is 0 Å². The highest BCUT2D eigenvalue weighted by atomic mass is 14.9. The van der Waals surface area contributed by atoms with Crippen LogP contribution in [0.25, 0.3) is 0 Å². The molecule has 0 saturated heterocycles. The molecule has 0 spiro atoms. The van der Waals surface area contributed by atoms with Gasteiger partial charge < -0.3 is 5.32 Å². The van der Waals surface area contributed by atoms with Crippen LogP contribution in [0.4, 0.5) is 0 Å². The summed E-state index contributed by atoms with van der Waals surface area (Å²) in [6, 6.07) is 0. The Kier molecular flexibility index (Phi) is 15.0. The largest absolute Gasteiger partial charge is 0.376 e. The quantitative estimate of drug-likeness (QED) is 0.285. The number of rotatable bonds is 13. The normalized spacial score (nSPS) is 11.2. The van der Waals surface area contributed by atoms with E-state index < -0.39 is 0 Å². The zero-order chi connectivity index (χ0) is 12.6. The lowest BCUT2D eigenvalue weighted by Gasteiger charge is -2.00. The lowest BCUT2D eigenvalue weighted by Crippen LogP contribution is -2.12. The SMILES string of the molecule is CCCCCCCN=CNCCCCCCC. The summed E-state index contributed by atoms with van der Waals surface area (Å²) in [7, 11) is 0. The maximum absolute atomic E-state index is 4.37. The van der Waals surface area contributed by atoms with Gasteiger partial charge in [0.05, 0.1) is 6.34 Å². The van der Waals surface area contributed by atoms with Gasteiger partial charge in [-0.05, 0) is 12.8 Å². The molecule has 0 bridgehead atoms. The van der Waals surface area contributed by atoms with Crippen molar-refractivity contribution in [2.45, 2.75) is 78.1 Å². The van der Waals surface area contributed by atoms with Crippen molar-refractivity contribution >= 4 is 6.34 Å². The summed E-state index contributed by atoms with van der Waals surface area (Å²) in [6.07, 6.45) is 15.3. The predicted molar refractivity (Wildman–Crippen MR) is 78.9 cm³/mol. The molecule has 17 heavy (non-hydrogen) atoms. The molecule has 0 aromatic carbocycles. The molecular weight excluding hydrogens is 208 g/mol. The molecule has 0 heterocycles. The smallest absolute Gasteiger partial charge is 0.0823 e. The maximum Gasteiger partial charge on any atom is 0.0823 e. The fraction of sp³-hybridized carbons (Fsp3) is 0.933. The molecule has 0 aromatic rings. The molecule has 2 nitrogen and oxygen atoms in total. The number of nitrogens with one attached hydrogen (secondary N) is 1. The average Bonchev–Trinajstić information content (AvgIpc) is 2.35. The summed E-state index contributed by atoms with van der Waals surface area (Å²) in [4.78, 5) is 4.37. The van der Waals surface area contributed by atoms with E-state index in [0.29, 0.717) is 0 Å². The fourth-order valence-corrected chi connectivity index (χ4v) is 1.83. The molecule has 102 valence electrons. The Labute approximate surface area is 108 Å². The first-order valence-corrected chi connectivity index (χ1v) is 7.63. The van der Waals surface area contributed by atoms with Gasteiger partial charge in [-0.1, -0.05) is 65.2 Å². The van der Waals surface area contributed by atoms with Gasteiger partial charge in [-0.15, -0.1) is 0 Å². The minimum atomic E-state index is 0.993. The summed E-state index contributed by atoms with van der Waals surface area (Å²) in [6.45, 7) is 6.59. The lowest BCUT2D eigenvalue weighted by molar-refractivity contribution is 0.624. The van der Waals surface area contributed by atoms with Crippen LogP contribution in [0, 0.1) is 0 Å². The van der Waals surface area contributed by atoms with Gasteiger partial charge in [0.25, 0.3) is 0 Å². The van der Waals surface area contributed by atoms with Crippen LogP contribution in [0.3, 0.4) is 0 Å². The molecule has 0 fully saturated rings. The van der Waals surface area contributed by atoms with Gasteiger partial charge in [0.15, 0.2) is 0 Å². The molecule has 0 aliphatic heterocycles. The number of aliphatic imine (C=N–C) groups is 1. The fourth-order valence-electron chi connectivity index (χ4n) is 1.83. The van der Waals surface area contributed by atoms with Gasteiger partial charge in [0.1, 0.15) is 0 Å². The zero-order valence-electron chi connectivity index (χ0n) is 12.0. The Bertz CT molecular complexity index is 155. The second kappa shape index (κ2) is 15.5. The summed E-state index contributed by atoms with van der Waals surface area (Å²) in [5, 5.41) is 3.27. The van der Waals surface area contributed by atoms with Crippen LogP contribution in [0.2, 0.25) is 0 Å². The van der Waals surface area contributed by atoms with Crippen LogP contribution < -0.4 is 5.32 Å². The van der Waals surface area contributed by atoms with E-state index in [2.05, 4.69) is 24.2 Å². The van der Waals surface area contributed by atoms with Crippen molar-refractivity contribution in [2.75, 3.05) is 13.1 Å². The van der Waals surface area contributed by atoms with Crippen LogP contribution in [-0.4, -0.2) is 19.4 Å². The van der Waals surface area contributed by atoms with Crippen LogP contribution in [-0.2, 0) is 0 Å². The van der Waals surface area contributed by atoms with Crippen molar-refractivity contribution in [1.82, 2.24) is 5.32 Å². The third-order valence-electron chi connectivity index (χ3n) is 3.00. The van der Waals surface area contributed by atoms with Crippen LogP contribution in [0.5, 0.6) is 0 Å². The summed E-state index contributed by atoms with van der Waals surface area (Å²) in [5.74, 6) is 0. The average molecular weight is 240 g/mol. The van der Waals surface area contributed by atoms with Crippen molar-refractivity contribution < 1.29 is 0 Å². The highest BCUT2D eigenvalue weighted by Crippen LogP contribution is 2.02. The highest BCUT2D eigenvalue weighted by molar-refractivity contribution is 5.53. The molecule has 1 N–H and O–H groups in total. The van der Waals surface area contributed by atoms with Crippen molar-refractivity contribution in [3.8, 4) is 0 Å². The van der Waals surface area contributed by atoms with Crippen LogP contribution in [0.1, 0.15) is 78.1 Å². The molecule has 0 aliphatic rings. The maximum atomic E-state index is 4.37. The molecular formula is C15H32N2. The molecule has 0 aromatic heterocycles. The second-order valence-electron chi connectivity index (χ2n) is 4.82. The van der Waals surface area contributed by atoms with Gasteiger partial charge in [-0.2, -0.15) is 0 Å². The van der Waals surface area contributed by atoms with Gasteiger partial charge in [-0.3, -0.25) is 4.99 Å². The summed E-state index contributed by atoms with van der Waals surface area (Å²) >= 11 is 0. The molecule has 0 amide bonds. The molecule has 0 aliphatic carbocycles. The van der Waals surface area contributed by atoms with Crippen molar-refractivity contribution in [3.63, 3.8) is 0 Å². The Morgan fingerprint density at radius 2 is 1.35 bits per heavy atom. The van der Waals surface area contributed by atoms with Crippen LogP contribution in [0.15, 0.2) is 4.99 Å². The first-order valence-electron chi connectivity index (χ1n) is 7.63. The Morgan fingerprint density at radius 1 is 0.765 bits per heavy atom. The topological polar surface area (TPSA) is 24.4 Å². The van der Waals surface area contributed by atoms with Gasteiger partial charge in [0, 0.05) is 13.1 Å². The van der Waals surface area contributed by atoms with Gasteiger partial charge in [-0.25, -0.2) is 0 Å². The van der Waals surface area contributed by atoms with E-state index in [4.69, 9.17) is 0 Å². The first-order chi connectivity index (χ1) is 8.41. The number of unbranched alkanes of at least 4 members (excludes halogenated alkanes) is 8. The predicted octanol–water partition coefficient (Wildman–Crippen LogP) is 4.55. The van der Waals surface area contributed by atoms with Gasteiger partial charge in [0.2, 0.25) is 0 Å². The Hall–Kier alpha value is -0.530. The standard InChI is InChI=1S/C15H32N2/c1-3-5-7-9-11-13-16-15-17-14-12-10-8-6-4-2/h15H,3-14H2,1-2H3,(H,16,17). The number of hydrogen-bond acceptors (Lipinski definition) is 1. The molecule has 0 rings (SSSR count). The Morgan fingerprint density at radius 3 is 2.00 bits per heavy atom. The third kappa shape index (κ3) is 15.5. The Balaban J connectivity index is 2.99. The molecule has 0 saturated carbocycles. The summed E-state index contributed by atoms with van der Waals surface area (Å²) in [5.41, 5.74) is 0.